The van der Waals surface area contributed by atoms with Gasteiger partial charge in [0.05, 0.1) is 30.7 Å². The smallest absolute Gasteiger partial charge is 0.258 e. The van der Waals surface area contributed by atoms with Crippen molar-refractivity contribution < 1.29 is 13.2 Å². The molecule has 1 atom stereocenters. The summed E-state index contributed by atoms with van der Waals surface area (Å²) in [5.41, 5.74) is 3.22. The maximum Gasteiger partial charge on any atom is 0.258 e. The molecule has 5 rings (SSSR count). The van der Waals surface area contributed by atoms with Crippen molar-refractivity contribution >= 4 is 38.2 Å². The lowest BCUT2D eigenvalue weighted by Gasteiger charge is -2.21. The van der Waals surface area contributed by atoms with Crippen LogP contribution in [-0.4, -0.2) is 36.9 Å². The Morgan fingerprint density at radius 1 is 1.03 bits per heavy atom. The van der Waals surface area contributed by atoms with Crippen LogP contribution < -0.4 is 10.3 Å². The van der Waals surface area contributed by atoms with E-state index >= 15 is 0 Å². The van der Waals surface area contributed by atoms with Gasteiger partial charge in [-0.1, -0.05) is 54.1 Å². The second-order valence-electron chi connectivity index (χ2n) is 8.34. The number of aromatic nitrogens is 1. The number of pyridine rings is 1. The summed E-state index contributed by atoms with van der Waals surface area (Å²) in [6, 6.07) is 21.3. The minimum atomic E-state index is -3.71. The first-order valence-corrected chi connectivity index (χ1v) is 13.1. The van der Waals surface area contributed by atoms with E-state index in [2.05, 4.69) is 10.1 Å². The lowest BCUT2D eigenvalue weighted by atomic mass is 9.91. The van der Waals surface area contributed by atoms with Crippen LogP contribution >= 0.6 is 11.6 Å². The molecule has 0 saturated heterocycles. The van der Waals surface area contributed by atoms with Gasteiger partial charge in [0, 0.05) is 27.9 Å². The molecule has 0 radical (unpaired) electrons. The van der Waals surface area contributed by atoms with Crippen molar-refractivity contribution in [1.82, 2.24) is 9.40 Å². The van der Waals surface area contributed by atoms with E-state index in [1.165, 1.54) is 0 Å². The second-order valence-corrected chi connectivity index (χ2v) is 10.6. The van der Waals surface area contributed by atoms with E-state index in [-0.39, 0.29) is 12.0 Å². The highest BCUT2D eigenvalue weighted by Crippen LogP contribution is 2.38. The number of sulfonamides is 1. The Morgan fingerprint density at radius 2 is 1.74 bits per heavy atom. The average molecular weight is 508 g/mol. The van der Waals surface area contributed by atoms with E-state index in [0.717, 1.165) is 27.2 Å². The molecule has 0 amide bonds. The summed E-state index contributed by atoms with van der Waals surface area (Å²) in [4.78, 5) is 16.3. The van der Waals surface area contributed by atoms with Crippen LogP contribution in [0.5, 0.6) is 5.75 Å². The molecule has 1 aliphatic rings. The summed E-state index contributed by atoms with van der Waals surface area (Å²) in [6.45, 7) is 0. The SMILES string of the molecule is COc1ccc([C@@H]2CC(c3c(-c4ccccc4)c4cc(Cl)ccc4[nH]c3=O)=NN2S(C)(=O)=O)cc1. The van der Waals surface area contributed by atoms with E-state index < -0.39 is 16.1 Å². The first kappa shape index (κ1) is 23.1. The first-order chi connectivity index (χ1) is 16.8. The molecular formula is C26H22ClN3O4S. The molecule has 0 fully saturated rings. The monoisotopic (exact) mass is 507 g/mol. The highest BCUT2D eigenvalue weighted by molar-refractivity contribution is 7.88. The van der Waals surface area contributed by atoms with Gasteiger partial charge in [0.1, 0.15) is 5.75 Å². The number of hydrogen-bond donors (Lipinski definition) is 1. The summed E-state index contributed by atoms with van der Waals surface area (Å²) in [5.74, 6) is 0.660. The Hall–Kier alpha value is -3.62. The molecule has 0 aliphatic carbocycles. The highest BCUT2D eigenvalue weighted by atomic mass is 35.5. The van der Waals surface area contributed by atoms with Gasteiger partial charge in [-0.15, -0.1) is 0 Å². The summed E-state index contributed by atoms with van der Waals surface area (Å²) in [5, 5.41) is 5.76. The molecule has 9 heteroatoms. The molecule has 3 aromatic carbocycles. The molecule has 1 aromatic heterocycles. The van der Waals surface area contributed by atoms with Gasteiger partial charge in [-0.05, 0) is 41.5 Å². The molecule has 7 nitrogen and oxygen atoms in total. The van der Waals surface area contributed by atoms with Crippen LogP contribution in [0.4, 0.5) is 0 Å². The number of methoxy groups -OCH3 is 1. The molecule has 2 heterocycles. The van der Waals surface area contributed by atoms with Gasteiger partial charge in [-0.3, -0.25) is 4.79 Å². The Balaban J connectivity index is 1.74. The van der Waals surface area contributed by atoms with E-state index in [0.29, 0.717) is 33.1 Å². The third kappa shape index (κ3) is 4.31. The zero-order valence-electron chi connectivity index (χ0n) is 19.0. The normalized spacial score (nSPS) is 15.9. The van der Waals surface area contributed by atoms with Crippen LogP contribution in [-0.2, 0) is 10.0 Å². The van der Waals surface area contributed by atoms with Gasteiger partial charge >= 0.3 is 0 Å². The van der Waals surface area contributed by atoms with E-state index in [9.17, 15) is 13.2 Å². The predicted octanol–water partition coefficient (Wildman–Crippen LogP) is 4.97. The molecule has 35 heavy (non-hydrogen) atoms. The van der Waals surface area contributed by atoms with E-state index in [4.69, 9.17) is 16.3 Å². The maximum absolute atomic E-state index is 13.4. The van der Waals surface area contributed by atoms with Gasteiger partial charge < -0.3 is 9.72 Å². The molecule has 4 aromatic rings. The fourth-order valence-corrected chi connectivity index (χ4v) is 5.54. The highest BCUT2D eigenvalue weighted by Gasteiger charge is 2.36. The summed E-state index contributed by atoms with van der Waals surface area (Å²) in [7, 11) is -2.15. The minimum Gasteiger partial charge on any atom is -0.497 e. The quantitative estimate of drug-likeness (QED) is 0.413. The summed E-state index contributed by atoms with van der Waals surface area (Å²) >= 11 is 6.32. The molecule has 1 aliphatic heterocycles. The lowest BCUT2D eigenvalue weighted by molar-refractivity contribution is 0.374. The van der Waals surface area contributed by atoms with Crippen LogP contribution in [0.25, 0.3) is 22.0 Å². The minimum absolute atomic E-state index is 0.231. The molecular weight excluding hydrogens is 486 g/mol. The number of rotatable bonds is 5. The average Bonchev–Trinajstić information content (AvgIpc) is 3.30. The van der Waals surface area contributed by atoms with Gasteiger partial charge in [-0.25, -0.2) is 8.42 Å². The Kier molecular flexibility index (Phi) is 5.86. The molecule has 0 unspecified atom stereocenters. The third-order valence-electron chi connectivity index (χ3n) is 6.04. The number of benzene rings is 3. The molecule has 0 spiro atoms. The molecule has 1 N–H and O–H groups in total. The molecule has 0 saturated carbocycles. The van der Waals surface area contributed by atoms with Crippen molar-refractivity contribution in [3.8, 4) is 16.9 Å². The fourth-order valence-electron chi connectivity index (χ4n) is 4.46. The second kappa shape index (κ2) is 8.87. The van der Waals surface area contributed by atoms with Crippen molar-refractivity contribution in [3.63, 3.8) is 0 Å². The first-order valence-electron chi connectivity index (χ1n) is 10.9. The van der Waals surface area contributed by atoms with Crippen molar-refractivity contribution in [2.45, 2.75) is 12.5 Å². The van der Waals surface area contributed by atoms with Crippen molar-refractivity contribution in [2.24, 2.45) is 5.10 Å². The largest absolute Gasteiger partial charge is 0.497 e. The Labute approximate surface area is 207 Å². The van der Waals surface area contributed by atoms with Crippen LogP contribution in [0.15, 0.2) is 82.7 Å². The zero-order chi connectivity index (χ0) is 24.7. The third-order valence-corrected chi connectivity index (χ3v) is 7.29. The van der Waals surface area contributed by atoms with Gasteiger partial charge in [0.25, 0.3) is 5.56 Å². The zero-order valence-corrected chi connectivity index (χ0v) is 20.6. The Bertz CT molecular complexity index is 1610. The number of nitrogens with one attached hydrogen (secondary N) is 1. The van der Waals surface area contributed by atoms with Crippen LogP contribution in [0.2, 0.25) is 5.02 Å². The van der Waals surface area contributed by atoms with Crippen molar-refractivity contribution in [3.05, 3.63) is 99.3 Å². The number of fused-ring (bicyclic) bond motifs is 1. The number of hydrazone groups is 1. The van der Waals surface area contributed by atoms with Crippen LogP contribution in [0, 0.1) is 0 Å². The number of ether oxygens (including phenoxy) is 1. The number of nitrogens with zero attached hydrogens (tertiary/aromatic N) is 2. The maximum atomic E-state index is 13.4. The lowest BCUT2D eigenvalue weighted by Crippen LogP contribution is -2.25. The summed E-state index contributed by atoms with van der Waals surface area (Å²) in [6.07, 6.45) is 1.34. The Morgan fingerprint density at radius 3 is 2.40 bits per heavy atom. The predicted molar refractivity (Wildman–Crippen MR) is 139 cm³/mol. The van der Waals surface area contributed by atoms with Gasteiger partial charge in [0.2, 0.25) is 10.0 Å². The number of H-pyrrole nitrogens is 1. The standard InChI is InChI=1S/C26H22ClN3O4S/c1-34-19-11-8-16(9-12-19)23-15-22(29-30(23)35(2,32)33)25-24(17-6-4-3-5-7-17)20-14-18(27)10-13-21(20)28-26(25)31/h3-14,23H,15H2,1-2H3,(H,28,31)/t23-/m0/s1. The molecule has 0 bridgehead atoms. The van der Waals surface area contributed by atoms with Crippen LogP contribution in [0.1, 0.15) is 23.6 Å². The van der Waals surface area contributed by atoms with Crippen molar-refractivity contribution in [1.29, 1.82) is 0 Å². The topological polar surface area (TPSA) is 91.8 Å². The number of halogens is 1. The van der Waals surface area contributed by atoms with Crippen LogP contribution in [0.3, 0.4) is 0 Å². The van der Waals surface area contributed by atoms with Crippen molar-refractivity contribution in [2.75, 3.05) is 13.4 Å². The summed E-state index contributed by atoms with van der Waals surface area (Å²) < 4.78 is 31.7. The van der Waals surface area contributed by atoms with Gasteiger partial charge in [-0.2, -0.15) is 9.52 Å². The van der Waals surface area contributed by atoms with E-state index in [1.54, 1.807) is 37.4 Å². The number of hydrogen-bond acceptors (Lipinski definition) is 5. The fraction of sp³-hybridized carbons (Fsp3) is 0.154. The van der Waals surface area contributed by atoms with E-state index in [1.807, 2.05) is 42.5 Å². The van der Waals surface area contributed by atoms with Gasteiger partial charge in [0.15, 0.2) is 0 Å². The number of aromatic amines is 1. The molecule has 178 valence electrons.